The third-order valence-corrected chi connectivity index (χ3v) is 7.47. The number of carbonyl (C=O) groups excluding carboxylic acids is 2. The Bertz CT molecular complexity index is 1020. The van der Waals surface area contributed by atoms with Crippen LogP contribution in [-0.2, 0) is 25.8 Å². The van der Waals surface area contributed by atoms with E-state index in [1.54, 1.807) is 28.9 Å². The van der Waals surface area contributed by atoms with Gasteiger partial charge in [0.2, 0.25) is 11.8 Å². The molecule has 0 aliphatic carbocycles. The van der Waals surface area contributed by atoms with E-state index in [9.17, 15) is 18.0 Å². The predicted molar refractivity (Wildman–Crippen MR) is 114 cm³/mol. The molecule has 0 saturated heterocycles. The molecule has 0 saturated carbocycles. The summed E-state index contributed by atoms with van der Waals surface area (Å²) in [7, 11) is -3.67. The molecule has 7 heteroatoms. The molecule has 0 aromatic heterocycles. The van der Waals surface area contributed by atoms with Crippen LogP contribution in [0.3, 0.4) is 0 Å². The molecule has 2 amide bonds. The fourth-order valence-electron chi connectivity index (χ4n) is 3.69. The van der Waals surface area contributed by atoms with Crippen molar-refractivity contribution in [1.82, 2.24) is 0 Å². The van der Waals surface area contributed by atoms with Crippen molar-refractivity contribution in [2.24, 2.45) is 0 Å². The van der Waals surface area contributed by atoms with Crippen molar-refractivity contribution >= 4 is 33.0 Å². The maximum Gasteiger partial charge on any atom is 0.228 e. The molecule has 0 radical (unpaired) electrons. The second-order valence-electron chi connectivity index (χ2n) is 7.24. The topological polar surface area (TPSA) is 74.8 Å². The number of anilines is 2. The summed E-state index contributed by atoms with van der Waals surface area (Å²) in [5.74, 6) is -0.280. The zero-order valence-corrected chi connectivity index (χ0v) is 17.8. The zero-order valence-electron chi connectivity index (χ0n) is 17.0. The SMILES string of the molecule is CCN(C(=O)C[C@@H](C)S(=O)(=O)c1ccc2c(c1)CCN2C(C)=O)c1ccccc1. The van der Waals surface area contributed by atoms with Gasteiger partial charge in [-0.3, -0.25) is 9.59 Å². The van der Waals surface area contributed by atoms with Gasteiger partial charge >= 0.3 is 0 Å². The molecule has 0 N–H and O–H groups in total. The van der Waals surface area contributed by atoms with Gasteiger partial charge in [0.05, 0.1) is 10.1 Å². The normalized spacial score (nSPS) is 14.4. The summed E-state index contributed by atoms with van der Waals surface area (Å²) >= 11 is 0. The highest BCUT2D eigenvalue weighted by Gasteiger charge is 2.30. The highest BCUT2D eigenvalue weighted by molar-refractivity contribution is 7.92. The van der Waals surface area contributed by atoms with Crippen LogP contribution in [0.1, 0.15) is 32.8 Å². The van der Waals surface area contributed by atoms with Crippen molar-refractivity contribution < 1.29 is 18.0 Å². The Balaban J connectivity index is 1.79. The number of para-hydroxylation sites is 1. The largest absolute Gasteiger partial charge is 0.313 e. The number of amides is 2. The van der Waals surface area contributed by atoms with Gasteiger partial charge in [-0.1, -0.05) is 18.2 Å². The lowest BCUT2D eigenvalue weighted by molar-refractivity contribution is -0.118. The second kappa shape index (κ2) is 8.37. The van der Waals surface area contributed by atoms with Gasteiger partial charge < -0.3 is 9.80 Å². The number of fused-ring (bicyclic) bond motifs is 1. The van der Waals surface area contributed by atoms with Crippen LogP contribution in [0.4, 0.5) is 11.4 Å². The molecule has 1 heterocycles. The first-order valence-corrected chi connectivity index (χ1v) is 11.3. The molecule has 2 aromatic carbocycles. The minimum Gasteiger partial charge on any atom is -0.313 e. The second-order valence-corrected chi connectivity index (χ2v) is 9.61. The van der Waals surface area contributed by atoms with Gasteiger partial charge in [0, 0.05) is 37.8 Å². The van der Waals surface area contributed by atoms with Crippen LogP contribution < -0.4 is 9.80 Å². The van der Waals surface area contributed by atoms with Crippen LogP contribution in [0.15, 0.2) is 53.4 Å². The van der Waals surface area contributed by atoms with Gasteiger partial charge in [-0.05, 0) is 56.2 Å². The number of rotatable bonds is 6. The first kappa shape index (κ1) is 21.0. The van der Waals surface area contributed by atoms with Gasteiger partial charge in [0.25, 0.3) is 0 Å². The minimum absolute atomic E-state index is 0.0566. The Morgan fingerprint density at radius 3 is 2.45 bits per heavy atom. The average Bonchev–Trinajstić information content (AvgIpc) is 3.13. The third kappa shape index (κ3) is 4.19. The molecule has 1 atom stereocenters. The van der Waals surface area contributed by atoms with Gasteiger partial charge in [0.1, 0.15) is 0 Å². The number of hydrogen-bond donors (Lipinski definition) is 0. The Morgan fingerprint density at radius 2 is 1.83 bits per heavy atom. The van der Waals surface area contributed by atoms with Crippen LogP contribution in [-0.4, -0.2) is 38.6 Å². The quantitative estimate of drug-likeness (QED) is 0.728. The maximum atomic E-state index is 13.1. The lowest BCUT2D eigenvalue weighted by Gasteiger charge is -2.23. The van der Waals surface area contributed by atoms with Crippen molar-refractivity contribution in [2.75, 3.05) is 22.9 Å². The summed E-state index contributed by atoms with van der Waals surface area (Å²) in [6, 6.07) is 14.1. The molecule has 154 valence electrons. The molecule has 1 aliphatic rings. The van der Waals surface area contributed by atoms with E-state index in [1.165, 1.54) is 13.0 Å². The van der Waals surface area contributed by atoms with E-state index in [0.717, 1.165) is 16.9 Å². The Labute approximate surface area is 172 Å². The number of benzene rings is 2. The molecule has 0 fully saturated rings. The molecular formula is C22H26N2O4S. The highest BCUT2D eigenvalue weighted by Crippen LogP contribution is 2.31. The lowest BCUT2D eigenvalue weighted by Crippen LogP contribution is -2.34. The van der Waals surface area contributed by atoms with E-state index in [0.29, 0.717) is 19.5 Å². The average molecular weight is 415 g/mol. The van der Waals surface area contributed by atoms with Crippen molar-refractivity contribution in [1.29, 1.82) is 0 Å². The molecule has 1 aliphatic heterocycles. The first-order valence-electron chi connectivity index (χ1n) is 9.76. The number of hydrogen-bond acceptors (Lipinski definition) is 4. The van der Waals surface area contributed by atoms with Crippen molar-refractivity contribution in [2.45, 2.75) is 43.8 Å². The highest BCUT2D eigenvalue weighted by atomic mass is 32.2. The Kier molecular flexibility index (Phi) is 6.07. The zero-order chi connectivity index (χ0) is 21.2. The fourth-order valence-corrected chi connectivity index (χ4v) is 5.08. The van der Waals surface area contributed by atoms with Gasteiger partial charge in [-0.15, -0.1) is 0 Å². The lowest BCUT2D eigenvalue weighted by atomic mass is 10.2. The maximum absolute atomic E-state index is 13.1. The molecule has 0 unspecified atom stereocenters. The van der Waals surface area contributed by atoms with E-state index in [-0.39, 0.29) is 23.1 Å². The van der Waals surface area contributed by atoms with E-state index < -0.39 is 15.1 Å². The smallest absolute Gasteiger partial charge is 0.228 e. The monoisotopic (exact) mass is 414 g/mol. The van der Waals surface area contributed by atoms with Crippen molar-refractivity contribution in [3.8, 4) is 0 Å². The van der Waals surface area contributed by atoms with E-state index in [1.807, 2.05) is 37.3 Å². The summed E-state index contributed by atoms with van der Waals surface area (Å²) in [6.45, 7) is 5.96. The Morgan fingerprint density at radius 1 is 1.14 bits per heavy atom. The summed E-state index contributed by atoms with van der Waals surface area (Å²) < 4.78 is 26.2. The molecular weight excluding hydrogens is 388 g/mol. The van der Waals surface area contributed by atoms with Crippen LogP contribution >= 0.6 is 0 Å². The summed E-state index contributed by atoms with van der Waals surface area (Å²) in [6.07, 6.45) is 0.533. The minimum atomic E-state index is -3.67. The summed E-state index contributed by atoms with van der Waals surface area (Å²) in [4.78, 5) is 27.9. The molecule has 0 bridgehead atoms. The third-order valence-electron chi connectivity index (χ3n) is 5.33. The molecule has 3 rings (SSSR count). The molecule has 6 nitrogen and oxygen atoms in total. The molecule has 0 spiro atoms. The number of nitrogens with zero attached hydrogens (tertiary/aromatic N) is 2. The van der Waals surface area contributed by atoms with Crippen molar-refractivity contribution in [3.63, 3.8) is 0 Å². The van der Waals surface area contributed by atoms with E-state index in [2.05, 4.69) is 0 Å². The van der Waals surface area contributed by atoms with Gasteiger partial charge in [-0.25, -0.2) is 8.42 Å². The van der Waals surface area contributed by atoms with Crippen LogP contribution in [0.25, 0.3) is 0 Å². The molecule has 2 aromatic rings. The summed E-state index contributed by atoms with van der Waals surface area (Å²) in [5.41, 5.74) is 2.37. The molecule has 29 heavy (non-hydrogen) atoms. The fraction of sp³-hybridized carbons (Fsp3) is 0.364. The van der Waals surface area contributed by atoms with E-state index in [4.69, 9.17) is 0 Å². The predicted octanol–water partition coefficient (Wildman–Crippen LogP) is 3.20. The number of sulfone groups is 1. The van der Waals surface area contributed by atoms with Crippen LogP contribution in [0, 0.1) is 0 Å². The standard InChI is InChI=1S/C22H26N2O4S/c1-4-23(19-8-6-5-7-9-19)22(26)14-16(2)29(27,28)20-10-11-21-18(15-20)12-13-24(21)17(3)25/h5-11,15-16H,4,12-14H2,1-3H3/t16-/m1/s1. The van der Waals surface area contributed by atoms with Gasteiger partial charge in [0.15, 0.2) is 9.84 Å². The van der Waals surface area contributed by atoms with Crippen LogP contribution in [0.2, 0.25) is 0 Å². The van der Waals surface area contributed by atoms with Gasteiger partial charge in [-0.2, -0.15) is 0 Å². The number of carbonyl (C=O) groups is 2. The summed E-state index contributed by atoms with van der Waals surface area (Å²) in [5, 5.41) is -0.851. The van der Waals surface area contributed by atoms with Crippen molar-refractivity contribution in [3.05, 3.63) is 54.1 Å². The van der Waals surface area contributed by atoms with Crippen LogP contribution in [0.5, 0.6) is 0 Å². The first-order chi connectivity index (χ1) is 13.8. The Hall–Kier alpha value is -2.67. The van der Waals surface area contributed by atoms with E-state index >= 15 is 0 Å².